The van der Waals surface area contributed by atoms with E-state index < -0.39 is 12.0 Å². The van der Waals surface area contributed by atoms with Gasteiger partial charge < -0.3 is 16.2 Å². The van der Waals surface area contributed by atoms with Crippen LogP contribution in [0.15, 0.2) is 36.7 Å². The Kier molecular flexibility index (Phi) is 4.37. The molecule has 0 fully saturated rings. The smallest absolute Gasteiger partial charge is 0.326 e. The number of hydrogen-bond donors (Lipinski definition) is 3. The molecular formula is C13H13ClN4O2. The van der Waals surface area contributed by atoms with E-state index in [-0.39, 0.29) is 17.4 Å². The molecule has 0 aliphatic heterocycles. The van der Waals surface area contributed by atoms with Gasteiger partial charge in [0.2, 0.25) is 0 Å². The molecule has 0 amide bonds. The predicted molar refractivity (Wildman–Crippen MR) is 76.6 cm³/mol. The topological polar surface area (TPSA) is 101 Å². The monoisotopic (exact) mass is 292 g/mol. The van der Waals surface area contributed by atoms with Gasteiger partial charge in [0.25, 0.3) is 0 Å². The van der Waals surface area contributed by atoms with Gasteiger partial charge in [-0.2, -0.15) is 0 Å². The van der Waals surface area contributed by atoms with Crippen molar-refractivity contribution < 1.29 is 9.90 Å². The third-order valence-electron chi connectivity index (χ3n) is 2.68. The molecule has 0 spiro atoms. The van der Waals surface area contributed by atoms with Crippen LogP contribution >= 0.6 is 11.6 Å². The Balaban J connectivity index is 2.14. The van der Waals surface area contributed by atoms with Crippen molar-refractivity contribution in [3.63, 3.8) is 0 Å². The van der Waals surface area contributed by atoms with Crippen molar-refractivity contribution in [2.24, 2.45) is 0 Å². The highest BCUT2D eigenvalue weighted by molar-refractivity contribution is 6.31. The molecule has 0 aliphatic rings. The van der Waals surface area contributed by atoms with Crippen LogP contribution in [-0.4, -0.2) is 27.1 Å². The van der Waals surface area contributed by atoms with Gasteiger partial charge in [-0.15, -0.1) is 0 Å². The van der Waals surface area contributed by atoms with E-state index in [1.165, 1.54) is 12.4 Å². The number of nitrogens with zero attached hydrogens (tertiary/aromatic N) is 2. The number of hydrogen-bond acceptors (Lipinski definition) is 5. The second-order valence-corrected chi connectivity index (χ2v) is 4.53. The van der Waals surface area contributed by atoms with Gasteiger partial charge in [-0.05, 0) is 17.7 Å². The first-order chi connectivity index (χ1) is 9.56. The van der Waals surface area contributed by atoms with Crippen molar-refractivity contribution in [1.82, 2.24) is 9.97 Å². The number of nitrogen functional groups attached to an aromatic ring is 1. The van der Waals surface area contributed by atoms with Crippen molar-refractivity contribution in [2.75, 3.05) is 11.1 Å². The predicted octanol–water partition coefficient (Wildman–Crippen LogP) is 1.82. The Labute approximate surface area is 120 Å². The number of benzene rings is 1. The summed E-state index contributed by atoms with van der Waals surface area (Å²) in [4.78, 5) is 19.1. The van der Waals surface area contributed by atoms with Gasteiger partial charge in [0.1, 0.15) is 6.04 Å². The van der Waals surface area contributed by atoms with E-state index in [1.807, 2.05) is 0 Å². The molecule has 1 atom stereocenters. The average molecular weight is 293 g/mol. The summed E-state index contributed by atoms with van der Waals surface area (Å²) in [6.07, 6.45) is 3.15. The third-order valence-corrected chi connectivity index (χ3v) is 2.96. The summed E-state index contributed by atoms with van der Waals surface area (Å²) in [5.41, 5.74) is 7.07. The lowest BCUT2D eigenvalue weighted by Crippen LogP contribution is -2.32. The number of aromatic nitrogens is 2. The van der Waals surface area contributed by atoms with E-state index in [1.54, 1.807) is 24.3 Å². The highest BCUT2D eigenvalue weighted by Gasteiger charge is 2.19. The maximum Gasteiger partial charge on any atom is 0.326 e. The molecule has 0 unspecified atom stereocenters. The molecule has 1 aromatic carbocycles. The number of rotatable bonds is 5. The van der Waals surface area contributed by atoms with Crippen molar-refractivity contribution >= 4 is 29.1 Å². The summed E-state index contributed by atoms with van der Waals surface area (Å²) in [5.74, 6) is -0.749. The van der Waals surface area contributed by atoms with Crippen LogP contribution in [0.2, 0.25) is 5.15 Å². The number of halogens is 1. The van der Waals surface area contributed by atoms with E-state index >= 15 is 0 Å². The Morgan fingerprint density at radius 2 is 1.95 bits per heavy atom. The lowest BCUT2D eigenvalue weighted by atomic mass is 10.1. The molecule has 6 nitrogen and oxygen atoms in total. The fourth-order valence-electron chi connectivity index (χ4n) is 1.67. The normalized spacial score (nSPS) is 11.8. The molecule has 1 aromatic heterocycles. The second kappa shape index (κ2) is 6.21. The molecule has 0 saturated carbocycles. The Morgan fingerprint density at radius 1 is 1.30 bits per heavy atom. The first-order valence-corrected chi connectivity index (χ1v) is 6.24. The van der Waals surface area contributed by atoms with Gasteiger partial charge in [0.05, 0.1) is 0 Å². The molecule has 0 radical (unpaired) electrons. The molecule has 20 heavy (non-hydrogen) atoms. The number of carboxylic acid groups (broad SMARTS) is 1. The molecule has 7 heteroatoms. The SMILES string of the molecule is Nc1ccc(C[C@H](Nc2nccnc2Cl)C(=O)O)cc1. The highest BCUT2D eigenvalue weighted by Crippen LogP contribution is 2.17. The number of aliphatic carboxylic acids is 1. The molecule has 4 N–H and O–H groups in total. The van der Waals surface area contributed by atoms with E-state index in [4.69, 9.17) is 17.3 Å². The van der Waals surface area contributed by atoms with Gasteiger partial charge in [0.15, 0.2) is 11.0 Å². The summed E-state index contributed by atoms with van der Waals surface area (Å²) < 4.78 is 0. The van der Waals surface area contributed by atoms with Crippen LogP contribution in [0.5, 0.6) is 0 Å². The molecule has 104 valence electrons. The minimum atomic E-state index is -0.997. The summed E-state index contributed by atoms with van der Waals surface area (Å²) in [6.45, 7) is 0. The number of nitrogens with one attached hydrogen (secondary N) is 1. The standard InChI is InChI=1S/C13H13ClN4O2/c14-11-12(17-6-5-16-11)18-10(13(19)20)7-8-1-3-9(15)4-2-8/h1-6,10H,7,15H2,(H,17,18)(H,19,20)/t10-/m0/s1. The van der Waals surface area contributed by atoms with E-state index in [2.05, 4.69) is 15.3 Å². The van der Waals surface area contributed by atoms with E-state index in [0.29, 0.717) is 5.69 Å². The molecule has 1 heterocycles. The molecule has 2 aromatic rings. The first kappa shape index (κ1) is 14.1. The maximum atomic E-state index is 11.3. The lowest BCUT2D eigenvalue weighted by molar-refractivity contribution is -0.137. The van der Waals surface area contributed by atoms with Crippen LogP contribution in [0.1, 0.15) is 5.56 Å². The van der Waals surface area contributed by atoms with E-state index in [0.717, 1.165) is 5.56 Å². The van der Waals surface area contributed by atoms with Gasteiger partial charge in [0, 0.05) is 24.5 Å². The van der Waals surface area contributed by atoms with Crippen LogP contribution in [-0.2, 0) is 11.2 Å². The fraction of sp³-hybridized carbons (Fsp3) is 0.154. The van der Waals surface area contributed by atoms with Crippen LogP contribution in [0, 0.1) is 0 Å². The summed E-state index contributed by atoms with van der Waals surface area (Å²) >= 11 is 5.85. The van der Waals surface area contributed by atoms with Crippen LogP contribution in [0.3, 0.4) is 0 Å². The minimum absolute atomic E-state index is 0.135. The molecular weight excluding hydrogens is 280 g/mol. The summed E-state index contributed by atoms with van der Waals surface area (Å²) in [6, 6.07) is 6.16. The number of carboxylic acids is 1. The zero-order valence-corrected chi connectivity index (χ0v) is 11.2. The summed E-state index contributed by atoms with van der Waals surface area (Å²) in [7, 11) is 0. The van der Waals surface area contributed by atoms with Gasteiger partial charge in [-0.1, -0.05) is 23.7 Å². The third kappa shape index (κ3) is 3.58. The van der Waals surface area contributed by atoms with Crippen LogP contribution < -0.4 is 11.1 Å². The van der Waals surface area contributed by atoms with Crippen molar-refractivity contribution in [1.29, 1.82) is 0 Å². The minimum Gasteiger partial charge on any atom is -0.480 e. The first-order valence-electron chi connectivity index (χ1n) is 5.86. The Hall–Kier alpha value is -2.34. The maximum absolute atomic E-state index is 11.3. The fourth-order valence-corrected chi connectivity index (χ4v) is 1.83. The molecule has 0 saturated heterocycles. The van der Waals surface area contributed by atoms with Gasteiger partial charge >= 0.3 is 5.97 Å². The largest absolute Gasteiger partial charge is 0.480 e. The summed E-state index contributed by atoms with van der Waals surface area (Å²) in [5, 5.41) is 12.2. The molecule has 2 rings (SSSR count). The number of anilines is 2. The van der Waals surface area contributed by atoms with Gasteiger partial charge in [-0.25, -0.2) is 14.8 Å². The highest BCUT2D eigenvalue weighted by atomic mass is 35.5. The zero-order chi connectivity index (χ0) is 14.5. The second-order valence-electron chi connectivity index (χ2n) is 4.18. The van der Waals surface area contributed by atoms with Gasteiger partial charge in [-0.3, -0.25) is 0 Å². The average Bonchev–Trinajstić information content (AvgIpc) is 2.42. The lowest BCUT2D eigenvalue weighted by Gasteiger charge is -2.15. The molecule has 0 bridgehead atoms. The Bertz CT molecular complexity index is 604. The van der Waals surface area contributed by atoms with Crippen molar-refractivity contribution in [3.05, 3.63) is 47.4 Å². The number of carbonyl (C=O) groups is 1. The molecule has 0 aliphatic carbocycles. The number of nitrogens with two attached hydrogens (primary N) is 1. The van der Waals surface area contributed by atoms with Crippen LogP contribution in [0.25, 0.3) is 0 Å². The quantitative estimate of drug-likeness (QED) is 0.727. The zero-order valence-electron chi connectivity index (χ0n) is 10.5. The van der Waals surface area contributed by atoms with Crippen LogP contribution in [0.4, 0.5) is 11.5 Å². The van der Waals surface area contributed by atoms with Crippen molar-refractivity contribution in [2.45, 2.75) is 12.5 Å². The van der Waals surface area contributed by atoms with E-state index in [9.17, 15) is 9.90 Å². The Morgan fingerprint density at radius 3 is 2.55 bits per heavy atom. The van der Waals surface area contributed by atoms with Crippen molar-refractivity contribution in [3.8, 4) is 0 Å².